The van der Waals surface area contributed by atoms with Gasteiger partial charge in [-0.3, -0.25) is 14.4 Å². The minimum absolute atomic E-state index is 0.138. The Morgan fingerprint density at radius 1 is 1.05 bits per heavy atom. The number of carbonyl (C=O) groups excluding carboxylic acids is 4. The zero-order chi connectivity index (χ0) is 28.9. The Balaban J connectivity index is 2.02. The second-order valence-electron chi connectivity index (χ2n) is 11.3. The Kier molecular flexibility index (Phi) is 9.37. The zero-order valence-corrected chi connectivity index (χ0v) is 23.6. The third-order valence-electron chi connectivity index (χ3n) is 6.85. The molecular formula is C30H40N4O5. The number of nitrogens with one attached hydrogen (secondary N) is 2. The normalized spacial score (nSPS) is 17.9. The fourth-order valence-corrected chi connectivity index (χ4v) is 4.57. The topological polar surface area (TPSA) is 131 Å². The van der Waals surface area contributed by atoms with E-state index in [1.807, 2.05) is 69.3 Å². The van der Waals surface area contributed by atoms with Crippen LogP contribution in [0, 0.1) is 19.8 Å². The molecule has 9 heteroatoms. The number of ether oxygens (including phenoxy) is 1. The summed E-state index contributed by atoms with van der Waals surface area (Å²) in [6, 6.07) is 12.6. The standard InChI is InChI=1S/C30H40N4O5/c1-18-11-10-14-22(20(18)3)26(27(36)32-17-21-12-8-7-9-13-21)34(24-15-19(24)2)28(37)23(16-25(31)35)33-29(38)39-30(4,5)6/h7-14,19,23-24,26H,15-17H2,1-6H3,(H2,31,35)(H,32,36)(H,33,38). The van der Waals surface area contributed by atoms with Crippen LogP contribution in [0.5, 0.6) is 0 Å². The lowest BCUT2D eigenvalue weighted by atomic mass is 9.94. The molecule has 0 bridgehead atoms. The lowest BCUT2D eigenvalue weighted by molar-refractivity contribution is -0.144. The summed E-state index contributed by atoms with van der Waals surface area (Å²) >= 11 is 0. The van der Waals surface area contributed by atoms with E-state index in [0.29, 0.717) is 12.0 Å². The molecule has 3 rings (SSSR count). The van der Waals surface area contributed by atoms with Gasteiger partial charge in [-0.25, -0.2) is 4.79 Å². The molecule has 0 saturated heterocycles. The SMILES string of the molecule is Cc1cccc(C(C(=O)NCc2ccccc2)N(C(=O)C(CC(N)=O)NC(=O)OC(C)(C)C)C2CC2C)c1C. The van der Waals surface area contributed by atoms with E-state index in [0.717, 1.165) is 16.7 Å². The first kappa shape index (κ1) is 29.7. The molecule has 4 N–H and O–H groups in total. The molecule has 1 aliphatic carbocycles. The van der Waals surface area contributed by atoms with Crippen LogP contribution in [0.3, 0.4) is 0 Å². The van der Waals surface area contributed by atoms with E-state index in [1.54, 1.807) is 20.8 Å². The van der Waals surface area contributed by atoms with Gasteiger partial charge in [-0.1, -0.05) is 55.5 Å². The summed E-state index contributed by atoms with van der Waals surface area (Å²) in [6.07, 6.45) is -0.585. The number of hydrogen-bond donors (Lipinski definition) is 3. The molecule has 2 aromatic rings. The number of benzene rings is 2. The molecule has 0 aliphatic heterocycles. The second kappa shape index (κ2) is 12.3. The average molecular weight is 537 g/mol. The fourth-order valence-electron chi connectivity index (χ4n) is 4.57. The summed E-state index contributed by atoms with van der Waals surface area (Å²) in [5.41, 5.74) is 8.13. The molecule has 1 saturated carbocycles. The van der Waals surface area contributed by atoms with E-state index in [4.69, 9.17) is 10.5 Å². The molecule has 210 valence electrons. The van der Waals surface area contributed by atoms with E-state index in [9.17, 15) is 19.2 Å². The first-order valence-electron chi connectivity index (χ1n) is 13.3. The van der Waals surface area contributed by atoms with Crippen molar-refractivity contribution in [1.29, 1.82) is 0 Å². The van der Waals surface area contributed by atoms with Crippen molar-refractivity contribution in [3.05, 3.63) is 70.8 Å². The molecule has 2 aromatic carbocycles. The van der Waals surface area contributed by atoms with Gasteiger partial charge >= 0.3 is 6.09 Å². The van der Waals surface area contributed by atoms with Crippen LogP contribution in [-0.2, 0) is 25.7 Å². The maximum absolute atomic E-state index is 14.2. The van der Waals surface area contributed by atoms with Gasteiger partial charge < -0.3 is 26.0 Å². The van der Waals surface area contributed by atoms with Crippen molar-refractivity contribution >= 4 is 23.8 Å². The van der Waals surface area contributed by atoms with Crippen LogP contribution in [0.15, 0.2) is 48.5 Å². The predicted octanol–water partition coefficient (Wildman–Crippen LogP) is 3.67. The van der Waals surface area contributed by atoms with E-state index >= 15 is 0 Å². The number of carbonyl (C=O) groups is 4. The fraction of sp³-hybridized carbons (Fsp3) is 0.467. The van der Waals surface area contributed by atoms with E-state index in [-0.39, 0.29) is 24.4 Å². The average Bonchev–Trinajstić information content (AvgIpc) is 3.57. The van der Waals surface area contributed by atoms with Crippen molar-refractivity contribution in [1.82, 2.24) is 15.5 Å². The Labute approximate surface area is 230 Å². The second-order valence-corrected chi connectivity index (χ2v) is 11.3. The summed E-state index contributed by atoms with van der Waals surface area (Å²) in [6.45, 7) is 11.2. The quantitative estimate of drug-likeness (QED) is 0.427. The van der Waals surface area contributed by atoms with Gasteiger partial charge in [-0.05, 0) is 69.2 Å². The molecule has 1 fully saturated rings. The molecule has 9 nitrogen and oxygen atoms in total. The molecule has 0 radical (unpaired) electrons. The molecule has 39 heavy (non-hydrogen) atoms. The highest BCUT2D eigenvalue weighted by Crippen LogP contribution is 2.41. The van der Waals surface area contributed by atoms with Crippen LogP contribution in [0.4, 0.5) is 4.79 Å². The Morgan fingerprint density at radius 2 is 1.69 bits per heavy atom. The van der Waals surface area contributed by atoms with Crippen molar-refractivity contribution in [3.8, 4) is 0 Å². The first-order chi connectivity index (χ1) is 18.3. The highest BCUT2D eigenvalue weighted by atomic mass is 16.6. The molecule has 4 amide bonds. The lowest BCUT2D eigenvalue weighted by Crippen LogP contribution is -2.55. The van der Waals surface area contributed by atoms with Gasteiger partial charge in [-0.2, -0.15) is 0 Å². The summed E-state index contributed by atoms with van der Waals surface area (Å²) in [7, 11) is 0. The number of nitrogens with two attached hydrogens (primary N) is 1. The Hall–Kier alpha value is -3.88. The third kappa shape index (κ3) is 8.05. The van der Waals surface area contributed by atoms with Gasteiger partial charge in [0.15, 0.2) is 0 Å². The number of hydrogen-bond acceptors (Lipinski definition) is 5. The zero-order valence-electron chi connectivity index (χ0n) is 23.6. The summed E-state index contributed by atoms with van der Waals surface area (Å²) in [4.78, 5) is 54.2. The number of amides is 4. The third-order valence-corrected chi connectivity index (χ3v) is 6.85. The van der Waals surface area contributed by atoms with Crippen LogP contribution in [0.2, 0.25) is 0 Å². The maximum atomic E-state index is 14.2. The molecule has 0 heterocycles. The largest absolute Gasteiger partial charge is 0.444 e. The number of aryl methyl sites for hydroxylation is 1. The maximum Gasteiger partial charge on any atom is 0.408 e. The van der Waals surface area contributed by atoms with Crippen LogP contribution >= 0.6 is 0 Å². The van der Waals surface area contributed by atoms with Crippen LogP contribution in [-0.4, -0.2) is 46.4 Å². The van der Waals surface area contributed by atoms with E-state index < -0.39 is 42.0 Å². The molecule has 4 atom stereocenters. The van der Waals surface area contributed by atoms with Crippen molar-refractivity contribution in [2.24, 2.45) is 11.7 Å². The van der Waals surface area contributed by atoms with E-state index in [1.165, 1.54) is 4.90 Å². The van der Waals surface area contributed by atoms with Crippen molar-refractivity contribution in [2.75, 3.05) is 0 Å². The van der Waals surface area contributed by atoms with Gasteiger partial charge in [0.1, 0.15) is 17.7 Å². The van der Waals surface area contributed by atoms with Crippen LogP contribution < -0.4 is 16.4 Å². The molecule has 1 aliphatic rings. The monoisotopic (exact) mass is 536 g/mol. The Morgan fingerprint density at radius 3 is 2.26 bits per heavy atom. The van der Waals surface area contributed by atoms with Gasteiger partial charge in [0.2, 0.25) is 17.7 Å². The highest BCUT2D eigenvalue weighted by molar-refractivity contribution is 5.95. The molecule has 0 aromatic heterocycles. The molecule has 4 unspecified atom stereocenters. The van der Waals surface area contributed by atoms with Crippen molar-refractivity contribution in [2.45, 2.75) is 84.7 Å². The minimum Gasteiger partial charge on any atom is -0.444 e. The summed E-state index contributed by atoms with van der Waals surface area (Å²) < 4.78 is 5.34. The molecular weight excluding hydrogens is 496 g/mol. The molecule has 0 spiro atoms. The summed E-state index contributed by atoms with van der Waals surface area (Å²) in [5, 5.41) is 5.52. The van der Waals surface area contributed by atoms with Crippen LogP contribution in [0.25, 0.3) is 0 Å². The predicted molar refractivity (Wildman–Crippen MR) is 148 cm³/mol. The Bertz CT molecular complexity index is 1210. The number of primary amides is 1. The minimum atomic E-state index is -1.29. The highest BCUT2D eigenvalue weighted by Gasteiger charge is 2.48. The van der Waals surface area contributed by atoms with Gasteiger partial charge in [0.05, 0.1) is 6.42 Å². The van der Waals surface area contributed by atoms with Gasteiger partial charge in [-0.15, -0.1) is 0 Å². The summed E-state index contributed by atoms with van der Waals surface area (Å²) in [5.74, 6) is -1.53. The van der Waals surface area contributed by atoms with Crippen molar-refractivity contribution in [3.63, 3.8) is 0 Å². The van der Waals surface area contributed by atoms with Gasteiger partial charge in [0.25, 0.3) is 0 Å². The van der Waals surface area contributed by atoms with Gasteiger partial charge in [0, 0.05) is 12.6 Å². The van der Waals surface area contributed by atoms with Crippen molar-refractivity contribution < 1.29 is 23.9 Å². The number of rotatable bonds is 10. The smallest absolute Gasteiger partial charge is 0.408 e. The number of nitrogens with zero attached hydrogens (tertiary/aromatic N) is 1. The number of alkyl carbamates (subject to hydrolysis) is 1. The lowest BCUT2D eigenvalue weighted by Gasteiger charge is -2.35. The first-order valence-corrected chi connectivity index (χ1v) is 13.3. The van der Waals surface area contributed by atoms with Crippen LogP contribution in [0.1, 0.15) is 68.8 Å². The van der Waals surface area contributed by atoms with E-state index in [2.05, 4.69) is 10.6 Å².